The highest BCUT2D eigenvalue weighted by Gasteiger charge is 2.35. The Labute approximate surface area is 184 Å². The summed E-state index contributed by atoms with van der Waals surface area (Å²) in [5.74, 6) is -0.277. The molecule has 0 atom stereocenters. The molecule has 0 saturated carbocycles. The number of nitrogens with zero attached hydrogens (tertiary/aromatic N) is 2. The van der Waals surface area contributed by atoms with Crippen molar-refractivity contribution >= 4 is 34.4 Å². The second-order valence-corrected chi connectivity index (χ2v) is 7.79. The van der Waals surface area contributed by atoms with Crippen molar-refractivity contribution in [3.8, 4) is 11.4 Å². The van der Waals surface area contributed by atoms with Gasteiger partial charge in [-0.15, -0.1) is 0 Å². The van der Waals surface area contributed by atoms with E-state index in [-0.39, 0.29) is 30.7 Å². The van der Waals surface area contributed by atoms with E-state index in [0.717, 1.165) is 27.1 Å². The largest absolute Gasteiger partial charge is 0.338 e. The van der Waals surface area contributed by atoms with Crippen molar-refractivity contribution in [2.45, 2.75) is 13.3 Å². The Kier molecular flexibility index (Phi) is 4.78. The number of para-hydroxylation sites is 2. The molecule has 3 aromatic carbocycles. The van der Waals surface area contributed by atoms with Gasteiger partial charge >= 0.3 is 0 Å². The van der Waals surface area contributed by atoms with E-state index in [2.05, 4.69) is 15.3 Å². The summed E-state index contributed by atoms with van der Waals surface area (Å²) < 4.78 is 0. The van der Waals surface area contributed by atoms with Gasteiger partial charge in [0.15, 0.2) is 0 Å². The third kappa shape index (κ3) is 3.54. The Morgan fingerprint density at radius 3 is 2.62 bits per heavy atom. The second kappa shape index (κ2) is 7.77. The average molecular weight is 424 g/mol. The van der Waals surface area contributed by atoms with Gasteiger partial charge in [0.2, 0.25) is 5.91 Å². The van der Waals surface area contributed by atoms with Crippen LogP contribution in [0.2, 0.25) is 0 Å². The molecule has 3 amide bonds. The van der Waals surface area contributed by atoms with E-state index in [0.29, 0.717) is 22.6 Å². The maximum atomic E-state index is 12.6. The minimum atomic E-state index is -0.357. The van der Waals surface area contributed by atoms with Gasteiger partial charge in [0.1, 0.15) is 5.82 Å². The van der Waals surface area contributed by atoms with Crippen molar-refractivity contribution in [1.29, 1.82) is 0 Å². The molecule has 5 rings (SSSR count). The molecule has 1 aliphatic rings. The molecule has 1 aromatic heterocycles. The van der Waals surface area contributed by atoms with E-state index in [1.165, 1.54) is 0 Å². The van der Waals surface area contributed by atoms with Crippen molar-refractivity contribution < 1.29 is 14.4 Å². The summed E-state index contributed by atoms with van der Waals surface area (Å²) in [4.78, 5) is 46.6. The van der Waals surface area contributed by atoms with Gasteiger partial charge in [0.25, 0.3) is 11.8 Å². The Morgan fingerprint density at radius 1 is 0.969 bits per heavy atom. The average Bonchev–Trinajstić information content (AvgIpc) is 3.32. The van der Waals surface area contributed by atoms with Gasteiger partial charge < -0.3 is 10.3 Å². The van der Waals surface area contributed by atoms with Crippen LogP contribution in [-0.2, 0) is 4.79 Å². The molecule has 0 spiro atoms. The van der Waals surface area contributed by atoms with Crippen LogP contribution in [0.4, 0.5) is 5.69 Å². The monoisotopic (exact) mass is 424 g/mol. The predicted molar refractivity (Wildman–Crippen MR) is 121 cm³/mol. The number of amides is 3. The molecular weight excluding hydrogens is 404 g/mol. The molecule has 0 saturated heterocycles. The molecule has 7 nitrogen and oxygen atoms in total. The van der Waals surface area contributed by atoms with Gasteiger partial charge in [-0.1, -0.05) is 35.9 Å². The van der Waals surface area contributed by atoms with Crippen LogP contribution in [0.5, 0.6) is 0 Å². The number of aromatic nitrogens is 2. The first-order valence-electron chi connectivity index (χ1n) is 10.3. The summed E-state index contributed by atoms with van der Waals surface area (Å²) in [5.41, 5.74) is 4.96. The molecule has 2 N–H and O–H groups in total. The van der Waals surface area contributed by atoms with E-state index in [1.807, 2.05) is 49.4 Å². The minimum absolute atomic E-state index is 0.0132. The van der Waals surface area contributed by atoms with Crippen molar-refractivity contribution in [2.24, 2.45) is 0 Å². The molecule has 7 heteroatoms. The number of carbonyl (C=O) groups excluding carboxylic acids is 3. The first-order valence-corrected chi connectivity index (χ1v) is 10.3. The van der Waals surface area contributed by atoms with E-state index in [9.17, 15) is 14.4 Å². The molecule has 0 unspecified atom stereocenters. The van der Waals surface area contributed by atoms with Crippen LogP contribution in [0.15, 0.2) is 66.7 Å². The van der Waals surface area contributed by atoms with E-state index in [1.54, 1.807) is 24.3 Å². The lowest BCUT2D eigenvalue weighted by molar-refractivity contribution is -0.116. The van der Waals surface area contributed by atoms with E-state index >= 15 is 0 Å². The van der Waals surface area contributed by atoms with Crippen LogP contribution in [-0.4, -0.2) is 39.1 Å². The number of aromatic amines is 1. The minimum Gasteiger partial charge on any atom is -0.338 e. The Bertz CT molecular complexity index is 1360. The first-order chi connectivity index (χ1) is 15.5. The number of carbonyl (C=O) groups is 3. The highest BCUT2D eigenvalue weighted by molar-refractivity contribution is 6.21. The van der Waals surface area contributed by atoms with Gasteiger partial charge in [-0.3, -0.25) is 19.3 Å². The maximum Gasteiger partial charge on any atom is 0.261 e. The predicted octanol–water partition coefficient (Wildman–Crippen LogP) is 4.16. The van der Waals surface area contributed by atoms with Crippen LogP contribution in [0, 0.1) is 6.92 Å². The number of hydrogen-bond donors (Lipinski definition) is 2. The van der Waals surface area contributed by atoms with Crippen LogP contribution in [0.25, 0.3) is 22.4 Å². The summed E-state index contributed by atoms with van der Waals surface area (Å²) in [6.07, 6.45) is 0.0132. The Morgan fingerprint density at radius 2 is 1.78 bits per heavy atom. The molecule has 0 radical (unpaired) electrons. The normalized spacial score (nSPS) is 13.0. The molecule has 4 aromatic rings. The van der Waals surface area contributed by atoms with E-state index in [4.69, 9.17) is 0 Å². The fraction of sp³-hybridized carbons (Fsp3) is 0.120. The number of benzene rings is 3. The van der Waals surface area contributed by atoms with Crippen molar-refractivity contribution in [2.75, 3.05) is 11.9 Å². The van der Waals surface area contributed by atoms with Crippen molar-refractivity contribution in [3.63, 3.8) is 0 Å². The first kappa shape index (κ1) is 19.7. The summed E-state index contributed by atoms with van der Waals surface area (Å²) >= 11 is 0. The van der Waals surface area contributed by atoms with Gasteiger partial charge in [-0.05, 0) is 43.3 Å². The van der Waals surface area contributed by atoms with E-state index < -0.39 is 0 Å². The second-order valence-electron chi connectivity index (χ2n) is 7.79. The quantitative estimate of drug-likeness (QED) is 0.470. The number of fused-ring (bicyclic) bond motifs is 2. The number of rotatable bonds is 5. The molecule has 2 heterocycles. The smallest absolute Gasteiger partial charge is 0.261 e. The summed E-state index contributed by atoms with van der Waals surface area (Å²) in [7, 11) is 0. The fourth-order valence-electron chi connectivity index (χ4n) is 3.88. The third-order valence-corrected chi connectivity index (χ3v) is 5.50. The standard InChI is InChI=1S/C25H20N4O3/c1-15-9-10-18-19(13-15)25(32)29(24(18)31)12-11-22(30)26-17-6-4-5-16(14-17)23-27-20-7-2-3-8-21(20)28-23/h2-10,13-14H,11-12H2,1H3,(H,26,30)(H,27,28). The number of nitrogens with one attached hydrogen (secondary N) is 2. The Balaban J connectivity index is 1.26. The van der Waals surface area contributed by atoms with Crippen LogP contribution in [0.3, 0.4) is 0 Å². The van der Waals surface area contributed by atoms with Gasteiger partial charge in [-0.25, -0.2) is 4.98 Å². The van der Waals surface area contributed by atoms with Crippen LogP contribution < -0.4 is 5.32 Å². The third-order valence-electron chi connectivity index (χ3n) is 5.50. The zero-order valence-corrected chi connectivity index (χ0v) is 17.4. The molecule has 32 heavy (non-hydrogen) atoms. The molecule has 0 aliphatic carbocycles. The zero-order valence-electron chi connectivity index (χ0n) is 17.4. The lowest BCUT2D eigenvalue weighted by Crippen LogP contribution is -2.32. The molecular formula is C25H20N4O3. The summed E-state index contributed by atoms with van der Waals surface area (Å²) in [5, 5.41) is 2.84. The molecule has 0 fully saturated rings. The number of imide groups is 1. The zero-order chi connectivity index (χ0) is 22.2. The lowest BCUT2D eigenvalue weighted by atomic mass is 10.1. The van der Waals surface area contributed by atoms with Gasteiger partial charge in [0.05, 0.1) is 22.2 Å². The fourth-order valence-corrected chi connectivity index (χ4v) is 3.88. The number of anilines is 1. The topological polar surface area (TPSA) is 95.2 Å². The maximum absolute atomic E-state index is 12.6. The van der Waals surface area contributed by atoms with Gasteiger partial charge in [-0.2, -0.15) is 0 Å². The number of H-pyrrole nitrogens is 1. The van der Waals surface area contributed by atoms with Crippen LogP contribution >= 0.6 is 0 Å². The number of imidazole rings is 1. The summed E-state index contributed by atoms with van der Waals surface area (Å²) in [6.45, 7) is 1.90. The molecule has 158 valence electrons. The number of aryl methyl sites for hydroxylation is 1. The van der Waals surface area contributed by atoms with Crippen LogP contribution in [0.1, 0.15) is 32.7 Å². The number of hydrogen-bond acceptors (Lipinski definition) is 4. The summed E-state index contributed by atoms with van der Waals surface area (Å²) in [6, 6.07) is 20.3. The van der Waals surface area contributed by atoms with Crippen molar-refractivity contribution in [1.82, 2.24) is 14.9 Å². The van der Waals surface area contributed by atoms with Gasteiger partial charge in [0, 0.05) is 24.2 Å². The highest BCUT2D eigenvalue weighted by atomic mass is 16.2. The molecule has 0 bridgehead atoms. The molecule has 1 aliphatic heterocycles. The lowest BCUT2D eigenvalue weighted by Gasteiger charge is -2.13. The Hall–Kier alpha value is -4.26. The van der Waals surface area contributed by atoms with Crippen molar-refractivity contribution in [3.05, 3.63) is 83.4 Å². The highest BCUT2D eigenvalue weighted by Crippen LogP contribution is 2.25. The SMILES string of the molecule is Cc1ccc2c(c1)C(=O)N(CCC(=O)Nc1cccc(-c3nc4ccccc4[nH]3)c1)C2=O.